The predicted molar refractivity (Wildman–Crippen MR) is 60.3 cm³/mol. The fourth-order valence-corrected chi connectivity index (χ4v) is 0.960. The van der Waals surface area contributed by atoms with Crippen LogP contribution in [0.1, 0.15) is 33.6 Å². The SMILES string of the molecule is CCC(C)NC(=O)CCNC(=O)C(C)C#N. The third kappa shape index (κ3) is 6.02. The number of hydrogen-bond donors (Lipinski definition) is 2. The maximum Gasteiger partial charge on any atom is 0.237 e. The molecule has 0 saturated carbocycles. The van der Waals surface area contributed by atoms with Gasteiger partial charge in [-0.2, -0.15) is 5.26 Å². The van der Waals surface area contributed by atoms with Crippen LogP contribution in [-0.2, 0) is 9.59 Å². The molecule has 0 aromatic carbocycles. The van der Waals surface area contributed by atoms with Crippen molar-refractivity contribution in [3.8, 4) is 6.07 Å². The lowest BCUT2D eigenvalue weighted by molar-refractivity contribution is -0.123. The Bertz CT molecular complexity index is 283. The van der Waals surface area contributed by atoms with Gasteiger partial charge in [0.2, 0.25) is 11.8 Å². The zero-order valence-electron chi connectivity index (χ0n) is 10.0. The standard InChI is InChI=1S/C11H19N3O2/c1-4-9(3)14-10(15)5-6-13-11(16)8(2)7-12/h8-9H,4-6H2,1-3H3,(H,13,16)(H,14,15). The topological polar surface area (TPSA) is 82.0 Å². The number of nitrogens with zero attached hydrogens (tertiary/aromatic N) is 1. The Morgan fingerprint density at radius 1 is 1.38 bits per heavy atom. The van der Waals surface area contributed by atoms with Crippen LogP contribution in [0.2, 0.25) is 0 Å². The lowest BCUT2D eigenvalue weighted by Crippen LogP contribution is -2.36. The number of hydrogen-bond acceptors (Lipinski definition) is 3. The molecule has 2 unspecified atom stereocenters. The number of rotatable bonds is 6. The van der Waals surface area contributed by atoms with Crippen molar-refractivity contribution in [1.82, 2.24) is 10.6 Å². The van der Waals surface area contributed by atoms with Gasteiger partial charge in [0.1, 0.15) is 5.92 Å². The molecule has 90 valence electrons. The van der Waals surface area contributed by atoms with E-state index in [1.165, 1.54) is 6.92 Å². The number of carbonyl (C=O) groups excluding carboxylic acids is 2. The molecule has 0 aromatic heterocycles. The van der Waals surface area contributed by atoms with Crippen molar-refractivity contribution in [3.63, 3.8) is 0 Å². The second kappa shape index (κ2) is 7.69. The van der Waals surface area contributed by atoms with E-state index in [9.17, 15) is 9.59 Å². The molecule has 0 aromatic rings. The molecule has 5 heteroatoms. The van der Waals surface area contributed by atoms with Crippen LogP contribution >= 0.6 is 0 Å². The maximum atomic E-state index is 11.3. The third-order valence-corrected chi connectivity index (χ3v) is 2.26. The van der Waals surface area contributed by atoms with Gasteiger partial charge in [-0.05, 0) is 20.3 Å². The molecule has 0 aliphatic rings. The molecule has 0 aliphatic carbocycles. The molecular formula is C11H19N3O2. The summed E-state index contributed by atoms with van der Waals surface area (Å²) in [5, 5.41) is 13.8. The van der Waals surface area contributed by atoms with E-state index in [2.05, 4.69) is 10.6 Å². The van der Waals surface area contributed by atoms with Crippen LogP contribution in [0.3, 0.4) is 0 Å². The van der Waals surface area contributed by atoms with Crippen molar-refractivity contribution in [2.75, 3.05) is 6.54 Å². The normalized spacial score (nSPS) is 13.4. The molecule has 0 bridgehead atoms. The summed E-state index contributed by atoms with van der Waals surface area (Å²) in [5.74, 6) is -1.09. The highest BCUT2D eigenvalue weighted by molar-refractivity contribution is 5.81. The number of nitriles is 1. The highest BCUT2D eigenvalue weighted by atomic mass is 16.2. The fraction of sp³-hybridized carbons (Fsp3) is 0.727. The minimum atomic E-state index is -0.669. The number of amides is 2. The van der Waals surface area contributed by atoms with E-state index in [-0.39, 0.29) is 30.8 Å². The molecule has 0 spiro atoms. The summed E-state index contributed by atoms with van der Waals surface area (Å²) in [6.45, 7) is 5.71. The van der Waals surface area contributed by atoms with Gasteiger partial charge in [-0.1, -0.05) is 6.92 Å². The molecule has 0 saturated heterocycles. The molecule has 2 amide bonds. The molecule has 5 nitrogen and oxygen atoms in total. The van der Waals surface area contributed by atoms with Crippen molar-refractivity contribution in [3.05, 3.63) is 0 Å². The highest BCUT2D eigenvalue weighted by Gasteiger charge is 2.11. The van der Waals surface area contributed by atoms with Crippen LogP contribution < -0.4 is 10.6 Å². The van der Waals surface area contributed by atoms with Gasteiger partial charge < -0.3 is 10.6 Å². The average Bonchev–Trinajstić information content (AvgIpc) is 2.27. The van der Waals surface area contributed by atoms with E-state index in [0.717, 1.165) is 6.42 Å². The van der Waals surface area contributed by atoms with Gasteiger partial charge >= 0.3 is 0 Å². The first-order chi connectivity index (χ1) is 7.51. The summed E-state index contributed by atoms with van der Waals surface area (Å²) in [7, 11) is 0. The zero-order chi connectivity index (χ0) is 12.6. The van der Waals surface area contributed by atoms with Crippen LogP contribution in [0, 0.1) is 17.2 Å². The van der Waals surface area contributed by atoms with Gasteiger partial charge in [0.05, 0.1) is 6.07 Å². The first-order valence-electron chi connectivity index (χ1n) is 5.48. The molecule has 2 atom stereocenters. The summed E-state index contributed by atoms with van der Waals surface area (Å²) in [6.07, 6.45) is 1.12. The number of carbonyl (C=O) groups is 2. The molecule has 16 heavy (non-hydrogen) atoms. The van der Waals surface area contributed by atoms with E-state index in [1.54, 1.807) is 0 Å². The third-order valence-electron chi connectivity index (χ3n) is 2.26. The van der Waals surface area contributed by atoms with Gasteiger partial charge in [0.25, 0.3) is 0 Å². The Balaban J connectivity index is 3.71. The van der Waals surface area contributed by atoms with Crippen LogP contribution in [-0.4, -0.2) is 24.4 Å². The maximum absolute atomic E-state index is 11.3. The van der Waals surface area contributed by atoms with Crippen molar-refractivity contribution >= 4 is 11.8 Å². The fourth-order valence-electron chi connectivity index (χ4n) is 0.960. The lowest BCUT2D eigenvalue weighted by Gasteiger charge is -2.11. The Hall–Kier alpha value is -1.57. The summed E-state index contributed by atoms with van der Waals surface area (Å²) in [5.41, 5.74) is 0. The van der Waals surface area contributed by atoms with Gasteiger partial charge in [-0.25, -0.2) is 0 Å². The molecule has 0 fully saturated rings. The summed E-state index contributed by atoms with van der Waals surface area (Å²) in [6, 6.07) is 1.99. The molecule has 0 aliphatic heterocycles. The smallest absolute Gasteiger partial charge is 0.237 e. The van der Waals surface area contributed by atoms with Gasteiger partial charge in [0, 0.05) is 19.0 Å². The molecule has 2 N–H and O–H groups in total. The summed E-state index contributed by atoms with van der Waals surface area (Å²) < 4.78 is 0. The minimum absolute atomic E-state index is 0.0840. The largest absolute Gasteiger partial charge is 0.354 e. The first kappa shape index (κ1) is 14.4. The monoisotopic (exact) mass is 225 g/mol. The lowest BCUT2D eigenvalue weighted by atomic mass is 10.2. The van der Waals surface area contributed by atoms with E-state index in [1.807, 2.05) is 19.9 Å². The van der Waals surface area contributed by atoms with E-state index in [4.69, 9.17) is 5.26 Å². The minimum Gasteiger partial charge on any atom is -0.354 e. The second-order valence-electron chi connectivity index (χ2n) is 3.77. The molecular weight excluding hydrogens is 206 g/mol. The average molecular weight is 225 g/mol. The van der Waals surface area contributed by atoms with Crippen LogP contribution in [0.4, 0.5) is 0 Å². The summed E-state index contributed by atoms with van der Waals surface area (Å²) >= 11 is 0. The van der Waals surface area contributed by atoms with Gasteiger partial charge in [-0.3, -0.25) is 9.59 Å². The predicted octanol–water partition coefficient (Wildman–Crippen LogP) is 0.567. The van der Waals surface area contributed by atoms with Crippen LogP contribution in [0.15, 0.2) is 0 Å². The zero-order valence-corrected chi connectivity index (χ0v) is 10.0. The Labute approximate surface area is 96.2 Å². The van der Waals surface area contributed by atoms with E-state index >= 15 is 0 Å². The summed E-state index contributed by atoms with van der Waals surface area (Å²) in [4.78, 5) is 22.5. The van der Waals surface area contributed by atoms with Crippen molar-refractivity contribution < 1.29 is 9.59 Å². The Morgan fingerprint density at radius 3 is 2.50 bits per heavy atom. The van der Waals surface area contributed by atoms with Crippen molar-refractivity contribution in [2.45, 2.75) is 39.7 Å². The van der Waals surface area contributed by atoms with E-state index in [0.29, 0.717) is 0 Å². The molecule has 0 rings (SSSR count). The first-order valence-corrected chi connectivity index (χ1v) is 5.48. The van der Waals surface area contributed by atoms with Gasteiger partial charge in [0.15, 0.2) is 0 Å². The van der Waals surface area contributed by atoms with Crippen molar-refractivity contribution in [1.29, 1.82) is 5.26 Å². The second-order valence-corrected chi connectivity index (χ2v) is 3.77. The highest BCUT2D eigenvalue weighted by Crippen LogP contribution is 1.92. The quantitative estimate of drug-likeness (QED) is 0.693. The van der Waals surface area contributed by atoms with E-state index < -0.39 is 5.92 Å². The Morgan fingerprint density at radius 2 is 2.00 bits per heavy atom. The van der Waals surface area contributed by atoms with Crippen molar-refractivity contribution in [2.24, 2.45) is 5.92 Å². The number of nitrogens with one attached hydrogen (secondary N) is 2. The molecule has 0 radical (unpaired) electrons. The van der Waals surface area contributed by atoms with Crippen LogP contribution in [0.5, 0.6) is 0 Å². The molecule has 0 heterocycles. The Kier molecular flexibility index (Phi) is 6.93. The van der Waals surface area contributed by atoms with Gasteiger partial charge in [-0.15, -0.1) is 0 Å². The van der Waals surface area contributed by atoms with Crippen LogP contribution in [0.25, 0.3) is 0 Å².